The normalized spacial score (nSPS) is 10.8. The Hall–Kier alpha value is -1.11. The van der Waals surface area contributed by atoms with Gasteiger partial charge in [-0.05, 0) is 31.9 Å². The highest BCUT2D eigenvalue weighted by Gasteiger charge is 2.18. The summed E-state index contributed by atoms with van der Waals surface area (Å²) in [5.74, 6) is 0. The molecule has 0 atom stereocenters. The molecular formula is C11H12ClNO. The van der Waals surface area contributed by atoms with E-state index in [1.807, 2.05) is 38.1 Å². The second-order valence-electron chi connectivity index (χ2n) is 3.78. The predicted molar refractivity (Wildman–Crippen MR) is 57.4 cm³/mol. The lowest BCUT2D eigenvalue weighted by molar-refractivity contribution is 0.501. The standard InChI is InChI=1S/C11H12ClNO/c1-11(2,13-8-14)7-9-5-3-4-6-10(9)12/h3-6H,7H2,1-2H3. The zero-order valence-electron chi connectivity index (χ0n) is 8.25. The van der Waals surface area contributed by atoms with Crippen molar-refractivity contribution in [1.82, 2.24) is 0 Å². The second-order valence-corrected chi connectivity index (χ2v) is 4.19. The highest BCUT2D eigenvalue weighted by atomic mass is 35.5. The van der Waals surface area contributed by atoms with Crippen LogP contribution >= 0.6 is 11.6 Å². The smallest absolute Gasteiger partial charge is 0.211 e. The maximum absolute atomic E-state index is 10.2. The van der Waals surface area contributed by atoms with Crippen LogP contribution in [-0.4, -0.2) is 11.6 Å². The van der Waals surface area contributed by atoms with Crippen molar-refractivity contribution in [2.45, 2.75) is 25.8 Å². The van der Waals surface area contributed by atoms with Crippen LogP contribution in [0.15, 0.2) is 29.3 Å². The molecule has 0 aliphatic carbocycles. The summed E-state index contributed by atoms with van der Waals surface area (Å²) in [5.41, 5.74) is 0.561. The molecule has 74 valence electrons. The van der Waals surface area contributed by atoms with Gasteiger partial charge in [-0.3, -0.25) is 0 Å². The summed E-state index contributed by atoms with van der Waals surface area (Å²) in [5, 5.41) is 0.710. The van der Waals surface area contributed by atoms with E-state index in [1.165, 1.54) is 0 Å². The molecule has 0 unspecified atom stereocenters. The first-order chi connectivity index (χ1) is 6.55. The minimum atomic E-state index is -0.438. The Morgan fingerprint density at radius 2 is 2.07 bits per heavy atom. The molecule has 0 N–H and O–H groups in total. The maximum Gasteiger partial charge on any atom is 0.235 e. The number of carbonyl (C=O) groups excluding carboxylic acids is 1. The highest BCUT2D eigenvalue weighted by molar-refractivity contribution is 6.31. The van der Waals surface area contributed by atoms with E-state index in [4.69, 9.17) is 11.6 Å². The predicted octanol–water partition coefficient (Wildman–Crippen LogP) is 3.00. The van der Waals surface area contributed by atoms with Gasteiger partial charge in [-0.2, -0.15) is 4.99 Å². The van der Waals surface area contributed by atoms with Crippen LogP contribution in [0.5, 0.6) is 0 Å². The molecule has 2 nitrogen and oxygen atoms in total. The molecule has 0 bridgehead atoms. The number of halogens is 1. The third-order valence-electron chi connectivity index (χ3n) is 1.93. The Balaban J connectivity index is 2.88. The molecule has 0 saturated carbocycles. The first-order valence-electron chi connectivity index (χ1n) is 4.37. The van der Waals surface area contributed by atoms with E-state index >= 15 is 0 Å². The molecule has 3 heteroatoms. The van der Waals surface area contributed by atoms with E-state index < -0.39 is 5.54 Å². The molecule has 0 aliphatic rings. The molecule has 0 aliphatic heterocycles. The Morgan fingerprint density at radius 3 is 2.64 bits per heavy atom. The lowest BCUT2D eigenvalue weighted by Crippen LogP contribution is -2.20. The summed E-state index contributed by atoms with van der Waals surface area (Å²) in [6, 6.07) is 7.56. The molecule has 0 fully saturated rings. The summed E-state index contributed by atoms with van der Waals surface area (Å²) < 4.78 is 0. The van der Waals surface area contributed by atoms with Crippen molar-refractivity contribution in [3.63, 3.8) is 0 Å². The van der Waals surface area contributed by atoms with Crippen LogP contribution in [0.4, 0.5) is 0 Å². The van der Waals surface area contributed by atoms with Crippen molar-refractivity contribution in [3.05, 3.63) is 34.9 Å². The summed E-state index contributed by atoms with van der Waals surface area (Å²) in [6.45, 7) is 3.75. The van der Waals surface area contributed by atoms with Crippen molar-refractivity contribution in [1.29, 1.82) is 0 Å². The van der Waals surface area contributed by atoms with Gasteiger partial charge in [0.25, 0.3) is 0 Å². The van der Waals surface area contributed by atoms with Gasteiger partial charge in [-0.1, -0.05) is 29.8 Å². The van der Waals surface area contributed by atoms with Crippen LogP contribution in [0.25, 0.3) is 0 Å². The summed E-state index contributed by atoms with van der Waals surface area (Å²) >= 11 is 5.99. The van der Waals surface area contributed by atoms with Gasteiger partial charge in [0.05, 0.1) is 5.54 Å². The quantitative estimate of drug-likeness (QED) is 0.556. The SMILES string of the molecule is CC(C)(Cc1ccccc1Cl)N=C=O. The molecule has 1 aromatic rings. The first kappa shape index (κ1) is 11.0. The molecule has 0 amide bonds. The van der Waals surface area contributed by atoms with E-state index in [2.05, 4.69) is 4.99 Å². The Labute approximate surface area is 88.6 Å². The lowest BCUT2D eigenvalue weighted by atomic mass is 9.96. The first-order valence-corrected chi connectivity index (χ1v) is 4.75. The lowest BCUT2D eigenvalue weighted by Gasteiger charge is -2.17. The van der Waals surface area contributed by atoms with Gasteiger partial charge in [-0.25, -0.2) is 4.79 Å². The van der Waals surface area contributed by atoms with E-state index in [-0.39, 0.29) is 0 Å². The van der Waals surface area contributed by atoms with E-state index in [0.717, 1.165) is 5.56 Å². The fourth-order valence-electron chi connectivity index (χ4n) is 1.27. The van der Waals surface area contributed by atoms with Gasteiger partial charge in [-0.15, -0.1) is 0 Å². The number of benzene rings is 1. The molecule has 0 radical (unpaired) electrons. The molecule has 0 heterocycles. The highest BCUT2D eigenvalue weighted by Crippen LogP contribution is 2.22. The van der Waals surface area contributed by atoms with Gasteiger partial charge >= 0.3 is 0 Å². The van der Waals surface area contributed by atoms with Crippen molar-refractivity contribution < 1.29 is 4.79 Å². The average Bonchev–Trinajstić information content (AvgIpc) is 2.08. The van der Waals surface area contributed by atoms with Crippen LogP contribution in [0, 0.1) is 0 Å². The van der Waals surface area contributed by atoms with Gasteiger partial charge in [0, 0.05) is 5.02 Å². The third kappa shape index (κ3) is 2.99. The van der Waals surface area contributed by atoms with Gasteiger partial charge in [0.2, 0.25) is 6.08 Å². The molecule has 1 rings (SSSR count). The Kier molecular flexibility index (Phi) is 3.45. The van der Waals surface area contributed by atoms with Crippen LogP contribution in [0.2, 0.25) is 5.02 Å². The molecular weight excluding hydrogens is 198 g/mol. The van der Waals surface area contributed by atoms with Crippen LogP contribution in [-0.2, 0) is 11.2 Å². The van der Waals surface area contributed by atoms with Gasteiger partial charge in [0.1, 0.15) is 0 Å². The average molecular weight is 210 g/mol. The largest absolute Gasteiger partial charge is 0.235 e. The van der Waals surface area contributed by atoms with Crippen LogP contribution in [0.3, 0.4) is 0 Å². The number of rotatable bonds is 3. The fraction of sp³-hybridized carbons (Fsp3) is 0.364. The monoisotopic (exact) mass is 209 g/mol. The second kappa shape index (κ2) is 4.41. The minimum absolute atomic E-state index is 0.438. The van der Waals surface area contributed by atoms with Crippen molar-refractivity contribution >= 4 is 17.7 Å². The Bertz CT molecular complexity index is 367. The molecule has 0 spiro atoms. The van der Waals surface area contributed by atoms with Crippen molar-refractivity contribution in [3.8, 4) is 0 Å². The number of nitrogens with zero attached hydrogens (tertiary/aromatic N) is 1. The number of hydrogen-bond donors (Lipinski definition) is 0. The number of isocyanates is 1. The minimum Gasteiger partial charge on any atom is -0.211 e. The molecule has 14 heavy (non-hydrogen) atoms. The third-order valence-corrected chi connectivity index (χ3v) is 2.30. The van der Waals surface area contributed by atoms with Gasteiger partial charge in [0.15, 0.2) is 0 Å². The van der Waals surface area contributed by atoms with E-state index in [0.29, 0.717) is 11.4 Å². The fourth-order valence-corrected chi connectivity index (χ4v) is 1.47. The molecule has 1 aromatic carbocycles. The maximum atomic E-state index is 10.2. The topological polar surface area (TPSA) is 29.4 Å². The van der Waals surface area contributed by atoms with Crippen LogP contribution < -0.4 is 0 Å². The van der Waals surface area contributed by atoms with Crippen LogP contribution in [0.1, 0.15) is 19.4 Å². The van der Waals surface area contributed by atoms with Crippen molar-refractivity contribution in [2.24, 2.45) is 4.99 Å². The summed E-state index contributed by atoms with van der Waals surface area (Å²) in [6.07, 6.45) is 2.22. The Morgan fingerprint density at radius 1 is 1.43 bits per heavy atom. The summed E-state index contributed by atoms with van der Waals surface area (Å²) in [4.78, 5) is 13.9. The zero-order chi connectivity index (χ0) is 10.6. The zero-order valence-corrected chi connectivity index (χ0v) is 9.01. The van der Waals surface area contributed by atoms with Crippen molar-refractivity contribution in [2.75, 3.05) is 0 Å². The molecule has 0 saturated heterocycles. The number of hydrogen-bond acceptors (Lipinski definition) is 2. The van der Waals surface area contributed by atoms with Gasteiger partial charge < -0.3 is 0 Å². The summed E-state index contributed by atoms with van der Waals surface area (Å²) in [7, 11) is 0. The molecule has 0 aromatic heterocycles. The van der Waals surface area contributed by atoms with E-state index in [9.17, 15) is 4.79 Å². The number of aliphatic imine (C=N–C) groups is 1. The van der Waals surface area contributed by atoms with E-state index in [1.54, 1.807) is 6.08 Å².